The number of sulfonamides is 1. The molecule has 0 bridgehead atoms. The first kappa shape index (κ1) is 23.1. The summed E-state index contributed by atoms with van der Waals surface area (Å²) in [5.41, 5.74) is 3.17. The van der Waals surface area contributed by atoms with Crippen LogP contribution in [0.15, 0.2) is 47.4 Å². The van der Waals surface area contributed by atoms with E-state index in [2.05, 4.69) is 4.72 Å². The highest BCUT2D eigenvalue weighted by Crippen LogP contribution is 2.30. The molecular formula is C24H25ClFNO4S. The predicted octanol–water partition coefficient (Wildman–Crippen LogP) is 4.33. The van der Waals surface area contributed by atoms with Gasteiger partial charge in [-0.2, -0.15) is 0 Å². The summed E-state index contributed by atoms with van der Waals surface area (Å²) in [6, 6.07) is 9.18. The topological polar surface area (TPSA) is 72.5 Å². The molecule has 1 heterocycles. The van der Waals surface area contributed by atoms with Gasteiger partial charge in [0.05, 0.1) is 23.1 Å². The second-order valence-electron chi connectivity index (χ2n) is 8.31. The number of benzene rings is 2. The van der Waals surface area contributed by atoms with E-state index in [1.54, 1.807) is 18.2 Å². The Balaban J connectivity index is 1.59. The van der Waals surface area contributed by atoms with E-state index >= 15 is 0 Å². The summed E-state index contributed by atoms with van der Waals surface area (Å²) in [6.07, 6.45) is 4.90. The van der Waals surface area contributed by atoms with Crippen LogP contribution in [0.4, 0.5) is 4.39 Å². The Bertz CT molecular complexity index is 1160. The fraction of sp³-hybridized carbons (Fsp3) is 0.375. The second-order valence-corrected chi connectivity index (χ2v) is 10.5. The van der Waals surface area contributed by atoms with Gasteiger partial charge in [-0.25, -0.2) is 17.5 Å². The smallest absolute Gasteiger partial charge is 0.240 e. The predicted molar refractivity (Wildman–Crippen MR) is 122 cm³/mol. The molecule has 8 heteroatoms. The van der Waals surface area contributed by atoms with Crippen molar-refractivity contribution in [2.75, 3.05) is 19.8 Å². The van der Waals surface area contributed by atoms with Crippen LogP contribution in [0.3, 0.4) is 0 Å². The lowest BCUT2D eigenvalue weighted by Gasteiger charge is -2.18. The molecule has 0 radical (unpaired) electrons. The quantitative estimate of drug-likeness (QED) is 0.583. The number of rotatable bonds is 9. The van der Waals surface area contributed by atoms with Crippen molar-refractivity contribution in [1.82, 2.24) is 4.72 Å². The molecule has 0 unspecified atom stereocenters. The lowest BCUT2D eigenvalue weighted by molar-refractivity contribution is -0.117. The molecule has 2 aliphatic rings. The zero-order valence-electron chi connectivity index (χ0n) is 17.6. The molecule has 0 saturated heterocycles. The third-order valence-corrected chi connectivity index (χ3v) is 7.44. The van der Waals surface area contributed by atoms with Crippen molar-refractivity contribution in [2.45, 2.75) is 37.0 Å². The number of carbonyl (C=O) groups excluding carboxylic acids is 1. The molecule has 0 amide bonds. The molecule has 170 valence electrons. The maximum atomic E-state index is 13.4. The van der Waals surface area contributed by atoms with Gasteiger partial charge in [-0.1, -0.05) is 29.8 Å². The van der Waals surface area contributed by atoms with E-state index in [0.717, 1.165) is 24.0 Å². The number of halogens is 2. The number of ketones is 1. The first-order valence-corrected chi connectivity index (χ1v) is 12.5. The van der Waals surface area contributed by atoms with Gasteiger partial charge in [0.15, 0.2) is 0 Å². The third-order valence-electron chi connectivity index (χ3n) is 5.73. The first-order chi connectivity index (χ1) is 15.3. The minimum Gasteiger partial charge on any atom is -0.377 e. The molecule has 1 aliphatic carbocycles. The minimum atomic E-state index is -3.65. The van der Waals surface area contributed by atoms with Crippen LogP contribution in [-0.4, -0.2) is 34.0 Å². The van der Waals surface area contributed by atoms with Gasteiger partial charge in [0.1, 0.15) is 11.6 Å². The highest BCUT2D eigenvalue weighted by atomic mass is 35.5. The second kappa shape index (κ2) is 9.83. The van der Waals surface area contributed by atoms with E-state index in [9.17, 15) is 17.6 Å². The number of carbonyl (C=O) groups is 1. The summed E-state index contributed by atoms with van der Waals surface area (Å²) in [5, 5.41) is -0.0295. The summed E-state index contributed by atoms with van der Waals surface area (Å²) in [6.45, 7) is 1.50. The first-order valence-electron chi connectivity index (χ1n) is 10.7. The zero-order chi connectivity index (χ0) is 22.7. The van der Waals surface area contributed by atoms with E-state index in [-0.39, 0.29) is 28.5 Å². The van der Waals surface area contributed by atoms with Crippen molar-refractivity contribution < 1.29 is 22.3 Å². The van der Waals surface area contributed by atoms with Crippen LogP contribution < -0.4 is 4.72 Å². The molecule has 1 aliphatic heterocycles. The van der Waals surface area contributed by atoms with Crippen molar-refractivity contribution in [2.24, 2.45) is 5.92 Å². The molecular weight excluding hydrogens is 453 g/mol. The summed E-state index contributed by atoms with van der Waals surface area (Å²) < 4.78 is 47.0. The minimum absolute atomic E-state index is 0.0295. The fourth-order valence-corrected chi connectivity index (χ4v) is 5.12. The lowest BCUT2D eigenvalue weighted by atomic mass is 9.92. The molecule has 5 nitrogen and oxygen atoms in total. The number of hydrogen-bond acceptors (Lipinski definition) is 4. The Hall–Kier alpha value is -2.06. The van der Waals surface area contributed by atoms with Crippen molar-refractivity contribution >= 4 is 33.0 Å². The van der Waals surface area contributed by atoms with Crippen molar-refractivity contribution in [3.05, 3.63) is 70.0 Å². The molecule has 2 aromatic rings. The zero-order valence-corrected chi connectivity index (χ0v) is 19.1. The molecule has 2 aromatic carbocycles. The maximum Gasteiger partial charge on any atom is 0.240 e. The molecule has 1 fully saturated rings. The number of hydrogen-bond donors (Lipinski definition) is 1. The van der Waals surface area contributed by atoms with E-state index < -0.39 is 15.8 Å². The van der Waals surface area contributed by atoms with Gasteiger partial charge in [0, 0.05) is 19.4 Å². The van der Waals surface area contributed by atoms with Crippen molar-refractivity contribution in [1.29, 1.82) is 0 Å². The summed E-state index contributed by atoms with van der Waals surface area (Å²) in [7, 11) is -3.65. The van der Waals surface area contributed by atoms with Crippen molar-refractivity contribution in [3.8, 4) is 0 Å². The summed E-state index contributed by atoms with van der Waals surface area (Å²) in [4.78, 5) is 13.0. The molecule has 0 atom stereocenters. The highest BCUT2D eigenvalue weighted by molar-refractivity contribution is 7.89. The van der Waals surface area contributed by atoms with Crippen LogP contribution in [0.5, 0.6) is 0 Å². The van der Waals surface area contributed by atoms with Crippen LogP contribution in [-0.2, 0) is 32.4 Å². The van der Waals surface area contributed by atoms with Gasteiger partial charge in [-0.05, 0) is 71.7 Å². The Labute approximate surface area is 192 Å². The van der Waals surface area contributed by atoms with Gasteiger partial charge in [0.2, 0.25) is 10.0 Å². The van der Waals surface area contributed by atoms with Crippen LogP contribution in [0.25, 0.3) is 5.57 Å². The molecule has 4 rings (SSSR count). The van der Waals surface area contributed by atoms with Gasteiger partial charge < -0.3 is 4.74 Å². The SMILES string of the molecule is O=C(Cc1ccc(F)c(Cl)c1)Cc1cc(S(=O)(=O)NCC2CC2)ccc1C1=CCOCC1. The van der Waals surface area contributed by atoms with E-state index in [1.807, 2.05) is 6.08 Å². The summed E-state index contributed by atoms with van der Waals surface area (Å²) in [5.74, 6) is -0.227. The number of Topliss-reactive ketones (excluding diaryl/α,β-unsaturated/α-hetero) is 1. The highest BCUT2D eigenvalue weighted by Gasteiger charge is 2.25. The summed E-state index contributed by atoms with van der Waals surface area (Å²) >= 11 is 5.83. The van der Waals surface area contributed by atoms with Crippen LogP contribution in [0.1, 0.15) is 36.0 Å². The van der Waals surface area contributed by atoms with Crippen LogP contribution in [0, 0.1) is 11.7 Å². The molecule has 0 spiro atoms. The molecule has 1 saturated carbocycles. The molecule has 32 heavy (non-hydrogen) atoms. The number of nitrogens with one attached hydrogen (secondary N) is 1. The largest absolute Gasteiger partial charge is 0.377 e. The lowest BCUT2D eigenvalue weighted by Crippen LogP contribution is -2.26. The Morgan fingerprint density at radius 1 is 1.16 bits per heavy atom. The maximum absolute atomic E-state index is 13.4. The average Bonchev–Trinajstić information content (AvgIpc) is 3.60. The fourth-order valence-electron chi connectivity index (χ4n) is 3.75. The number of ether oxygens (including phenoxy) is 1. The van der Waals surface area contributed by atoms with E-state index in [4.69, 9.17) is 16.3 Å². The Morgan fingerprint density at radius 3 is 2.66 bits per heavy atom. The van der Waals surface area contributed by atoms with E-state index in [0.29, 0.717) is 43.2 Å². The molecule has 1 N–H and O–H groups in total. The van der Waals surface area contributed by atoms with Gasteiger partial charge >= 0.3 is 0 Å². The average molecular weight is 478 g/mol. The standard InChI is InChI=1S/C24H25ClFNO4S/c25-23-12-17(3-6-24(23)26)11-20(28)13-19-14-21(32(29,30)27-15-16-1-2-16)4-5-22(19)18-7-9-31-10-8-18/h3-7,12,14,16,27H,1-2,8-11,13,15H2. The normalized spacial score (nSPS) is 16.6. The third kappa shape index (κ3) is 5.84. The van der Waals surface area contributed by atoms with Gasteiger partial charge in [-0.15, -0.1) is 0 Å². The van der Waals surface area contributed by atoms with Gasteiger partial charge in [-0.3, -0.25) is 4.79 Å². The monoisotopic (exact) mass is 477 g/mol. The molecule has 0 aromatic heterocycles. The Kier molecular flexibility index (Phi) is 7.10. The Morgan fingerprint density at radius 2 is 1.97 bits per heavy atom. The van der Waals surface area contributed by atoms with E-state index in [1.165, 1.54) is 18.2 Å². The van der Waals surface area contributed by atoms with Crippen LogP contribution in [0.2, 0.25) is 5.02 Å². The van der Waals surface area contributed by atoms with Crippen molar-refractivity contribution in [3.63, 3.8) is 0 Å². The van der Waals surface area contributed by atoms with Gasteiger partial charge in [0.25, 0.3) is 0 Å². The van der Waals surface area contributed by atoms with Crippen LogP contribution >= 0.6 is 11.6 Å².